The van der Waals surface area contributed by atoms with E-state index in [9.17, 15) is 4.79 Å². The number of carbonyl (C=O) groups excluding carboxylic acids is 1. The van der Waals surface area contributed by atoms with Crippen molar-refractivity contribution in [1.29, 1.82) is 0 Å². The molecule has 0 aromatic rings. The van der Waals surface area contributed by atoms with Crippen LogP contribution in [-0.2, 0) is 4.74 Å². The lowest BCUT2D eigenvalue weighted by atomic mass is 10.1. The number of nitrogens with one attached hydrogen (secondary N) is 1. The van der Waals surface area contributed by atoms with Crippen LogP contribution in [0.25, 0.3) is 0 Å². The molecule has 0 spiro atoms. The Balaban J connectivity index is 3.50. The number of unbranched alkanes of at least 4 members (excludes halogenated alkanes) is 1. The second-order valence-corrected chi connectivity index (χ2v) is 3.67. The van der Waals surface area contributed by atoms with E-state index in [0.717, 1.165) is 12.8 Å². The summed E-state index contributed by atoms with van der Waals surface area (Å²) in [5.41, 5.74) is 0. The molecule has 0 aliphatic carbocycles. The van der Waals surface area contributed by atoms with Gasteiger partial charge in [-0.25, -0.2) is 4.79 Å². The lowest BCUT2D eigenvalue weighted by Crippen LogP contribution is -2.36. The number of alkyl carbamates (subject to hydrolysis) is 1. The van der Waals surface area contributed by atoms with Gasteiger partial charge in [-0.05, 0) is 19.3 Å². The van der Waals surface area contributed by atoms with Crippen molar-refractivity contribution in [2.75, 3.05) is 6.61 Å². The van der Waals surface area contributed by atoms with Crippen LogP contribution in [0, 0.1) is 5.92 Å². The third-order valence-electron chi connectivity index (χ3n) is 2.08. The van der Waals surface area contributed by atoms with E-state index in [-0.39, 0.29) is 12.1 Å². The monoisotopic (exact) mass is 187 g/mol. The van der Waals surface area contributed by atoms with Gasteiger partial charge in [0.25, 0.3) is 0 Å². The quantitative estimate of drug-likeness (QED) is 0.672. The highest BCUT2D eigenvalue weighted by atomic mass is 16.5. The first-order valence-electron chi connectivity index (χ1n) is 5.01. The summed E-state index contributed by atoms with van der Waals surface area (Å²) in [6.07, 6.45) is 1.69. The molecule has 0 radical (unpaired) electrons. The summed E-state index contributed by atoms with van der Waals surface area (Å²) >= 11 is 0. The molecule has 1 N–H and O–H groups in total. The van der Waals surface area contributed by atoms with Gasteiger partial charge in [0.05, 0.1) is 6.61 Å². The van der Waals surface area contributed by atoms with E-state index >= 15 is 0 Å². The minimum absolute atomic E-state index is 0.175. The maximum atomic E-state index is 11.1. The van der Waals surface area contributed by atoms with E-state index in [0.29, 0.717) is 12.5 Å². The smallest absolute Gasteiger partial charge is 0.407 e. The number of ether oxygens (including phenoxy) is 1. The third-order valence-corrected chi connectivity index (χ3v) is 2.08. The van der Waals surface area contributed by atoms with Gasteiger partial charge in [0.2, 0.25) is 0 Å². The number of hydrogen-bond acceptors (Lipinski definition) is 2. The average molecular weight is 187 g/mol. The molecule has 0 bridgehead atoms. The number of rotatable bonds is 5. The SMILES string of the molecule is CCCCOC(=O)N[C@@H](C)C(C)C. The van der Waals surface area contributed by atoms with Crippen LogP contribution in [0.2, 0.25) is 0 Å². The number of amides is 1. The normalized spacial score (nSPS) is 12.7. The van der Waals surface area contributed by atoms with Crippen molar-refractivity contribution >= 4 is 6.09 Å². The van der Waals surface area contributed by atoms with Gasteiger partial charge in [-0.2, -0.15) is 0 Å². The first-order chi connectivity index (χ1) is 6.07. The first-order valence-corrected chi connectivity index (χ1v) is 5.01. The van der Waals surface area contributed by atoms with Gasteiger partial charge in [-0.3, -0.25) is 0 Å². The Morgan fingerprint density at radius 1 is 1.38 bits per heavy atom. The van der Waals surface area contributed by atoms with E-state index < -0.39 is 0 Å². The molecular weight excluding hydrogens is 166 g/mol. The van der Waals surface area contributed by atoms with E-state index in [2.05, 4.69) is 26.1 Å². The van der Waals surface area contributed by atoms with Crippen LogP contribution in [0.1, 0.15) is 40.5 Å². The Kier molecular flexibility index (Phi) is 6.37. The van der Waals surface area contributed by atoms with Gasteiger partial charge in [-0.1, -0.05) is 27.2 Å². The topological polar surface area (TPSA) is 38.3 Å². The minimum atomic E-state index is -0.297. The third kappa shape index (κ3) is 6.43. The maximum Gasteiger partial charge on any atom is 0.407 e. The van der Waals surface area contributed by atoms with Crippen LogP contribution < -0.4 is 5.32 Å². The summed E-state index contributed by atoms with van der Waals surface area (Å²) in [6.45, 7) is 8.70. The Bertz CT molecular complexity index is 146. The average Bonchev–Trinajstić information content (AvgIpc) is 2.04. The van der Waals surface area contributed by atoms with Crippen LogP contribution in [0.4, 0.5) is 4.79 Å². The van der Waals surface area contributed by atoms with E-state index in [1.807, 2.05) is 6.92 Å². The first kappa shape index (κ1) is 12.3. The largest absolute Gasteiger partial charge is 0.450 e. The van der Waals surface area contributed by atoms with Crippen molar-refractivity contribution in [1.82, 2.24) is 5.32 Å². The maximum absolute atomic E-state index is 11.1. The van der Waals surface area contributed by atoms with E-state index in [4.69, 9.17) is 4.74 Å². The molecule has 0 aliphatic heterocycles. The zero-order valence-corrected chi connectivity index (χ0v) is 9.09. The highest BCUT2D eigenvalue weighted by Crippen LogP contribution is 2.00. The summed E-state index contributed by atoms with van der Waals surface area (Å²) in [4.78, 5) is 11.1. The van der Waals surface area contributed by atoms with Crippen molar-refractivity contribution in [3.8, 4) is 0 Å². The van der Waals surface area contributed by atoms with Gasteiger partial charge >= 0.3 is 6.09 Å². The van der Waals surface area contributed by atoms with Gasteiger partial charge in [0, 0.05) is 6.04 Å². The summed E-state index contributed by atoms with van der Waals surface area (Å²) < 4.78 is 4.95. The van der Waals surface area contributed by atoms with Crippen molar-refractivity contribution in [3.63, 3.8) is 0 Å². The lowest BCUT2D eigenvalue weighted by Gasteiger charge is -2.16. The Labute approximate surface area is 80.8 Å². The number of carbonyl (C=O) groups is 1. The molecule has 0 fully saturated rings. The van der Waals surface area contributed by atoms with Crippen LogP contribution in [0.15, 0.2) is 0 Å². The molecule has 0 saturated heterocycles. The van der Waals surface area contributed by atoms with Gasteiger partial charge in [-0.15, -0.1) is 0 Å². The highest BCUT2D eigenvalue weighted by Gasteiger charge is 2.10. The molecule has 1 atom stereocenters. The molecule has 0 unspecified atom stereocenters. The standard InChI is InChI=1S/C10H21NO2/c1-5-6-7-13-10(12)11-9(4)8(2)3/h8-9H,5-7H2,1-4H3,(H,11,12)/t9-/m0/s1. The zero-order chi connectivity index (χ0) is 10.3. The fraction of sp³-hybridized carbons (Fsp3) is 0.900. The summed E-state index contributed by atoms with van der Waals surface area (Å²) in [5.74, 6) is 0.443. The molecule has 1 amide bonds. The molecule has 0 aromatic carbocycles. The van der Waals surface area contributed by atoms with Crippen LogP contribution in [-0.4, -0.2) is 18.7 Å². The van der Waals surface area contributed by atoms with E-state index in [1.165, 1.54) is 0 Å². The predicted molar refractivity (Wildman–Crippen MR) is 53.7 cm³/mol. The van der Waals surface area contributed by atoms with Crippen molar-refractivity contribution in [2.45, 2.75) is 46.6 Å². The van der Waals surface area contributed by atoms with Crippen molar-refractivity contribution < 1.29 is 9.53 Å². The van der Waals surface area contributed by atoms with E-state index in [1.54, 1.807) is 0 Å². The lowest BCUT2D eigenvalue weighted by molar-refractivity contribution is 0.139. The Morgan fingerprint density at radius 3 is 2.46 bits per heavy atom. The van der Waals surface area contributed by atoms with Gasteiger partial charge < -0.3 is 10.1 Å². The molecule has 3 nitrogen and oxygen atoms in total. The summed E-state index contributed by atoms with van der Waals surface area (Å²) in [6, 6.07) is 0.175. The minimum Gasteiger partial charge on any atom is -0.450 e. The zero-order valence-electron chi connectivity index (χ0n) is 9.09. The molecule has 13 heavy (non-hydrogen) atoms. The summed E-state index contributed by atoms with van der Waals surface area (Å²) in [5, 5.41) is 2.78. The molecule has 78 valence electrons. The predicted octanol–water partition coefficient (Wildman–Crippen LogP) is 2.56. The van der Waals surface area contributed by atoms with Gasteiger partial charge in [0.15, 0.2) is 0 Å². The molecule has 0 aliphatic rings. The molecule has 0 heterocycles. The van der Waals surface area contributed by atoms with Gasteiger partial charge in [0.1, 0.15) is 0 Å². The summed E-state index contributed by atoms with van der Waals surface area (Å²) in [7, 11) is 0. The Hall–Kier alpha value is -0.730. The van der Waals surface area contributed by atoms with Crippen molar-refractivity contribution in [3.05, 3.63) is 0 Å². The molecular formula is C10H21NO2. The second kappa shape index (κ2) is 6.75. The fourth-order valence-electron chi connectivity index (χ4n) is 0.703. The van der Waals surface area contributed by atoms with Crippen LogP contribution in [0.5, 0.6) is 0 Å². The molecule has 0 aromatic heterocycles. The van der Waals surface area contributed by atoms with Crippen molar-refractivity contribution in [2.24, 2.45) is 5.92 Å². The molecule has 3 heteroatoms. The van der Waals surface area contributed by atoms with Crippen LogP contribution >= 0.6 is 0 Å². The highest BCUT2D eigenvalue weighted by molar-refractivity contribution is 5.67. The molecule has 0 saturated carbocycles. The second-order valence-electron chi connectivity index (χ2n) is 3.67. The fourth-order valence-corrected chi connectivity index (χ4v) is 0.703. The molecule has 0 rings (SSSR count). The van der Waals surface area contributed by atoms with Crippen LogP contribution in [0.3, 0.4) is 0 Å². The number of hydrogen-bond donors (Lipinski definition) is 1. The Morgan fingerprint density at radius 2 is 2.00 bits per heavy atom.